The van der Waals surface area contributed by atoms with Gasteiger partial charge in [-0.15, -0.1) is 0 Å². The van der Waals surface area contributed by atoms with E-state index >= 15 is 0 Å². The second-order valence-electron chi connectivity index (χ2n) is 6.47. The first-order valence-electron chi connectivity index (χ1n) is 8.38. The molecule has 0 spiro atoms. The normalized spacial score (nSPS) is 24.4. The van der Waals surface area contributed by atoms with Crippen molar-refractivity contribution >= 4 is 23.4 Å². The summed E-state index contributed by atoms with van der Waals surface area (Å²) < 4.78 is 46.6. The summed E-state index contributed by atoms with van der Waals surface area (Å²) in [7, 11) is 1.36. The SMILES string of the molecule is COc1cccc(C2NC(=O)NC(O)(C(F)(F)F)C2C(=O)c2ccc(Cl)cc2)c1. The molecule has 1 heterocycles. The lowest BCUT2D eigenvalue weighted by molar-refractivity contribution is -0.287. The quantitative estimate of drug-likeness (QED) is 0.651. The molecule has 0 bridgehead atoms. The number of aliphatic hydroxyl groups is 1. The number of hydrogen-bond donors (Lipinski definition) is 3. The van der Waals surface area contributed by atoms with Crippen LogP contribution in [0.1, 0.15) is 22.0 Å². The molecule has 0 radical (unpaired) electrons. The number of nitrogens with one attached hydrogen (secondary N) is 2. The van der Waals surface area contributed by atoms with Crippen LogP contribution in [0.25, 0.3) is 0 Å². The first-order valence-corrected chi connectivity index (χ1v) is 8.76. The first kappa shape index (κ1) is 20.9. The summed E-state index contributed by atoms with van der Waals surface area (Å²) in [5.74, 6) is -2.83. The van der Waals surface area contributed by atoms with E-state index in [-0.39, 0.29) is 16.1 Å². The molecule has 0 aromatic heterocycles. The van der Waals surface area contributed by atoms with Gasteiger partial charge in [0.2, 0.25) is 5.72 Å². The highest BCUT2D eigenvalue weighted by Gasteiger charge is 2.66. The Hall–Kier alpha value is -2.78. The van der Waals surface area contributed by atoms with Gasteiger partial charge >= 0.3 is 12.2 Å². The van der Waals surface area contributed by atoms with Crippen LogP contribution in [0.2, 0.25) is 5.02 Å². The van der Waals surface area contributed by atoms with Crippen LogP contribution < -0.4 is 15.4 Å². The second kappa shape index (κ2) is 7.57. The molecule has 0 saturated carbocycles. The van der Waals surface area contributed by atoms with Gasteiger partial charge in [-0.2, -0.15) is 13.2 Å². The van der Waals surface area contributed by atoms with E-state index < -0.39 is 35.7 Å². The predicted octanol–water partition coefficient (Wildman–Crippen LogP) is 3.45. The summed E-state index contributed by atoms with van der Waals surface area (Å²) in [4.78, 5) is 25.1. The molecule has 3 rings (SSSR count). The lowest BCUT2D eigenvalue weighted by atomic mass is 9.77. The van der Waals surface area contributed by atoms with Crippen molar-refractivity contribution in [2.45, 2.75) is 17.9 Å². The fourth-order valence-corrected chi connectivity index (χ4v) is 3.37. The number of carbonyl (C=O) groups is 2. The number of amides is 2. The van der Waals surface area contributed by atoms with Crippen LogP contribution >= 0.6 is 11.6 Å². The number of ether oxygens (including phenoxy) is 1. The molecule has 0 aliphatic carbocycles. The minimum absolute atomic E-state index is 0.104. The van der Waals surface area contributed by atoms with E-state index in [0.717, 1.165) is 0 Å². The number of methoxy groups -OCH3 is 1. The fraction of sp³-hybridized carbons (Fsp3) is 0.263. The third-order valence-corrected chi connectivity index (χ3v) is 4.92. The zero-order valence-electron chi connectivity index (χ0n) is 15.0. The zero-order valence-corrected chi connectivity index (χ0v) is 15.7. The van der Waals surface area contributed by atoms with E-state index in [0.29, 0.717) is 5.75 Å². The number of ketones is 1. The monoisotopic (exact) mass is 428 g/mol. The average Bonchev–Trinajstić information content (AvgIpc) is 2.66. The molecule has 29 heavy (non-hydrogen) atoms. The molecule has 2 amide bonds. The maximum absolute atomic E-state index is 13.8. The second-order valence-corrected chi connectivity index (χ2v) is 6.90. The van der Waals surface area contributed by atoms with Crippen LogP contribution in [0.15, 0.2) is 48.5 Å². The van der Waals surface area contributed by atoms with E-state index in [1.165, 1.54) is 54.9 Å². The van der Waals surface area contributed by atoms with E-state index in [9.17, 15) is 27.9 Å². The Morgan fingerprint density at radius 2 is 1.86 bits per heavy atom. The summed E-state index contributed by atoms with van der Waals surface area (Å²) in [5.41, 5.74) is -3.73. The van der Waals surface area contributed by atoms with Crippen molar-refractivity contribution in [2.75, 3.05) is 7.11 Å². The van der Waals surface area contributed by atoms with Crippen LogP contribution in [-0.2, 0) is 0 Å². The van der Waals surface area contributed by atoms with Gasteiger partial charge < -0.3 is 20.5 Å². The number of carbonyl (C=O) groups excluding carboxylic acids is 2. The maximum atomic E-state index is 13.8. The van der Waals surface area contributed by atoms with Gasteiger partial charge in [0.25, 0.3) is 0 Å². The summed E-state index contributed by atoms with van der Waals surface area (Å²) in [6.45, 7) is 0. The number of Topliss-reactive ketones (excluding diaryl/α,β-unsaturated/α-hetero) is 1. The smallest absolute Gasteiger partial charge is 0.437 e. The number of urea groups is 1. The van der Waals surface area contributed by atoms with E-state index in [2.05, 4.69) is 5.32 Å². The third kappa shape index (κ3) is 3.88. The Kier molecular flexibility index (Phi) is 5.46. The maximum Gasteiger partial charge on any atom is 0.437 e. The minimum Gasteiger partial charge on any atom is -0.497 e. The van der Waals surface area contributed by atoms with Gasteiger partial charge in [0, 0.05) is 10.6 Å². The van der Waals surface area contributed by atoms with Crippen LogP contribution in [0.4, 0.5) is 18.0 Å². The van der Waals surface area contributed by atoms with Crippen molar-refractivity contribution in [3.63, 3.8) is 0 Å². The van der Waals surface area contributed by atoms with Crippen molar-refractivity contribution in [1.82, 2.24) is 10.6 Å². The van der Waals surface area contributed by atoms with Crippen LogP contribution in [0.3, 0.4) is 0 Å². The Balaban J connectivity index is 2.16. The highest BCUT2D eigenvalue weighted by atomic mass is 35.5. The number of benzene rings is 2. The molecule has 1 aliphatic heterocycles. The molecule has 1 fully saturated rings. The van der Waals surface area contributed by atoms with Crippen molar-refractivity contribution < 1.29 is 32.6 Å². The van der Waals surface area contributed by atoms with Gasteiger partial charge in [-0.1, -0.05) is 23.7 Å². The third-order valence-electron chi connectivity index (χ3n) is 4.67. The van der Waals surface area contributed by atoms with Crippen LogP contribution in [-0.4, -0.2) is 35.9 Å². The molecule has 3 atom stereocenters. The number of rotatable bonds is 4. The van der Waals surface area contributed by atoms with Crippen molar-refractivity contribution in [2.24, 2.45) is 5.92 Å². The Morgan fingerprint density at radius 1 is 1.21 bits per heavy atom. The molecule has 3 N–H and O–H groups in total. The van der Waals surface area contributed by atoms with Gasteiger partial charge in [-0.3, -0.25) is 4.79 Å². The molecule has 2 aromatic rings. The number of alkyl halides is 3. The highest BCUT2D eigenvalue weighted by molar-refractivity contribution is 6.30. The van der Waals surface area contributed by atoms with E-state index in [4.69, 9.17) is 16.3 Å². The lowest BCUT2D eigenvalue weighted by Crippen LogP contribution is -2.72. The average molecular weight is 429 g/mol. The van der Waals surface area contributed by atoms with Gasteiger partial charge in [-0.25, -0.2) is 4.79 Å². The molecule has 6 nitrogen and oxygen atoms in total. The fourth-order valence-electron chi connectivity index (χ4n) is 3.25. The Morgan fingerprint density at radius 3 is 2.45 bits per heavy atom. The standard InChI is InChI=1S/C19H16ClF3N2O4/c1-29-13-4-2-3-11(9-13)15-14(16(26)10-5-7-12(20)8-6-10)18(28,19(21,22)23)25-17(27)24-15/h2-9,14-15,28H,1H3,(H2,24,25,27). The van der Waals surface area contributed by atoms with Gasteiger partial charge in [0.15, 0.2) is 5.78 Å². The molecule has 1 saturated heterocycles. The molecule has 1 aliphatic rings. The molecule has 3 unspecified atom stereocenters. The summed E-state index contributed by atoms with van der Waals surface area (Å²) in [6, 6.07) is 8.31. The van der Waals surface area contributed by atoms with E-state index in [1.54, 1.807) is 6.07 Å². The predicted molar refractivity (Wildman–Crippen MR) is 97.7 cm³/mol. The largest absolute Gasteiger partial charge is 0.497 e. The minimum atomic E-state index is -5.32. The number of halogens is 4. The van der Waals surface area contributed by atoms with E-state index in [1.807, 2.05) is 0 Å². The Bertz CT molecular complexity index is 936. The summed E-state index contributed by atoms with van der Waals surface area (Å²) in [5, 5.41) is 14.6. The first-order chi connectivity index (χ1) is 13.6. The molecule has 2 aromatic carbocycles. The molecule has 10 heteroatoms. The van der Waals surface area contributed by atoms with Crippen LogP contribution in [0.5, 0.6) is 5.75 Å². The summed E-state index contributed by atoms with van der Waals surface area (Å²) in [6.07, 6.45) is -5.32. The Labute approximate surface area is 168 Å². The van der Waals surface area contributed by atoms with Gasteiger partial charge in [-0.05, 0) is 42.0 Å². The highest BCUT2D eigenvalue weighted by Crippen LogP contribution is 2.44. The van der Waals surface area contributed by atoms with Gasteiger partial charge in [0.1, 0.15) is 11.7 Å². The van der Waals surface area contributed by atoms with Gasteiger partial charge in [0.05, 0.1) is 13.2 Å². The molecule has 154 valence electrons. The van der Waals surface area contributed by atoms with Crippen molar-refractivity contribution in [3.05, 3.63) is 64.7 Å². The lowest BCUT2D eigenvalue weighted by Gasteiger charge is -2.45. The summed E-state index contributed by atoms with van der Waals surface area (Å²) >= 11 is 5.78. The molecular formula is C19H16ClF3N2O4. The van der Waals surface area contributed by atoms with Crippen LogP contribution in [0, 0.1) is 5.92 Å². The molecular weight excluding hydrogens is 413 g/mol. The topological polar surface area (TPSA) is 87.7 Å². The van der Waals surface area contributed by atoms with Crippen molar-refractivity contribution in [1.29, 1.82) is 0 Å². The number of hydrogen-bond acceptors (Lipinski definition) is 4. The van der Waals surface area contributed by atoms with Crippen molar-refractivity contribution in [3.8, 4) is 5.75 Å². The zero-order chi connectivity index (χ0) is 21.4.